The normalized spacial score (nSPS) is 23.6. The van der Waals surface area contributed by atoms with Gasteiger partial charge in [-0.1, -0.05) is 31.2 Å². The molecule has 2 aliphatic rings. The number of rotatable bonds is 6. The van der Waals surface area contributed by atoms with Gasteiger partial charge in [0.25, 0.3) is 0 Å². The Balaban J connectivity index is 1.65. The highest BCUT2D eigenvalue weighted by atomic mass is 19.1. The van der Waals surface area contributed by atoms with Crippen LogP contribution in [0.25, 0.3) is 10.8 Å². The molecule has 0 saturated carbocycles. The van der Waals surface area contributed by atoms with Gasteiger partial charge >= 0.3 is 0 Å². The molecule has 0 bridgehead atoms. The molecule has 8 heteroatoms. The number of hydrogen-bond acceptors (Lipinski definition) is 7. The fourth-order valence-electron chi connectivity index (χ4n) is 5.91. The predicted octanol–water partition coefficient (Wildman–Crippen LogP) is 4.92. The van der Waals surface area contributed by atoms with Crippen LogP contribution in [0.5, 0.6) is 0 Å². The summed E-state index contributed by atoms with van der Waals surface area (Å²) in [6, 6.07) is 15.8. The van der Waals surface area contributed by atoms with Crippen LogP contribution in [-0.2, 0) is 12.1 Å². The molecule has 7 nitrogen and oxygen atoms in total. The van der Waals surface area contributed by atoms with Crippen LogP contribution in [0.1, 0.15) is 31.0 Å². The molecule has 0 fully saturated rings. The molecular formula is C29H34FN7. The Hall–Kier alpha value is -3.91. The van der Waals surface area contributed by atoms with Gasteiger partial charge in [0, 0.05) is 61.0 Å². The van der Waals surface area contributed by atoms with Crippen molar-refractivity contribution in [2.24, 2.45) is 10.4 Å². The van der Waals surface area contributed by atoms with E-state index in [1.54, 1.807) is 18.5 Å². The smallest absolute Gasteiger partial charge is 0.167 e. The van der Waals surface area contributed by atoms with E-state index in [0.29, 0.717) is 35.6 Å². The number of aliphatic imine (C=N–C) groups is 1. The molecule has 37 heavy (non-hydrogen) atoms. The van der Waals surface area contributed by atoms with Crippen LogP contribution >= 0.6 is 0 Å². The maximum Gasteiger partial charge on any atom is 0.167 e. The Kier molecular flexibility index (Phi) is 6.15. The van der Waals surface area contributed by atoms with Gasteiger partial charge in [0.15, 0.2) is 5.66 Å². The lowest BCUT2D eigenvalue weighted by atomic mass is 9.64. The second-order valence-corrected chi connectivity index (χ2v) is 10.1. The number of hydrogen-bond donors (Lipinski definition) is 3. The fourth-order valence-corrected chi connectivity index (χ4v) is 5.91. The number of hydrazine groups is 1. The van der Waals surface area contributed by atoms with Gasteiger partial charge in [-0.25, -0.2) is 14.4 Å². The zero-order valence-electron chi connectivity index (χ0n) is 21.8. The van der Waals surface area contributed by atoms with Crippen molar-refractivity contribution in [3.63, 3.8) is 0 Å². The van der Waals surface area contributed by atoms with Crippen LogP contribution in [0.2, 0.25) is 0 Å². The predicted molar refractivity (Wildman–Crippen MR) is 151 cm³/mol. The number of benzene rings is 2. The first-order valence-electron chi connectivity index (χ1n) is 12.5. The number of nitrogens with zero attached hydrogens (tertiary/aromatic N) is 4. The molecule has 192 valence electrons. The van der Waals surface area contributed by atoms with Gasteiger partial charge in [0.05, 0.1) is 6.34 Å². The van der Waals surface area contributed by atoms with Crippen molar-refractivity contribution >= 4 is 34.3 Å². The van der Waals surface area contributed by atoms with E-state index in [1.165, 1.54) is 0 Å². The summed E-state index contributed by atoms with van der Waals surface area (Å²) in [5.74, 6) is 0.182. The number of fused-ring (bicyclic) bond motifs is 1. The molecule has 1 aliphatic carbocycles. The first-order valence-corrected chi connectivity index (χ1v) is 12.5. The second kappa shape index (κ2) is 9.19. The molecule has 5 rings (SSSR count). The number of nitrogen functional groups attached to an aromatic ring is 2. The van der Waals surface area contributed by atoms with Gasteiger partial charge < -0.3 is 21.8 Å². The van der Waals surface area contributed by atoms with Gasteiger partial charge in [-0.15, -0.1) is 0 Å². The largest absolute Gasteiger partial charge is 0.399 e. The Morgan fingerprint density at radius 1 is 1.14 bits per heavy atom. The number of pyridine rings is 1. The van der Waals surface area contributed by atoms with E-state index in [1.807, 2.05) is 56.5 Å². The molecule has 0 radical (unpaired) electrons. The number of nitrogens with two attached hydrogens (primary N) is 2. The number of aromatic nitrogens is 1. The minimum absolute atomic E-state index is 0.231. The summed E-state index contributed by atoms with van der Waals surface area (Å²) in [6.45, 7) is 2.14. The van der Waals surface area contributed by atoms with Crippen molar-refractivity contribution in [3.8, 4) is 0 Å². The summed E-state index contributed by atoms with van der Waals surface area (Å²) >= 11 is 0. The highest BCUT2D eigenvalue weighted by molar-refractivity contribution is 5.93. The van der Waals surface area contributed by atoms with Crippen LogP contribution in [0.15, 0.2) is 77.1 Å². The van der Waals surface area contributed by atoms with Crippen LogP contribution in [0, 0.1) is 5.41 Å². The highest BCUT2D eigenvalue weighted by Gasteiger charge is 2.56. The van der Waals surface area contributed by atoms with Gasteiger partial charge in [-0.3, -0.25) is 0 Å². The average Bonchev–Trinajstić information content (AvgIpc) is 3.27. The number of allylic oxidation sites excluding steroid dienone is 3. The van der Waals surface area contributed by atoms with Crippen LogP contribution in [0.3, 0.4) is 0 Å². The van der Waals surface area contributed by atoms with Crippen LogP contribution < -0.4 is 21.8 Å². The van der Waals surface area contributed by atoms with Crippen molar-refractivity contribution in [1.29, 1.82) is 0 Å². The Bertz CT molecular complexity index is 1440. The molecule has 5 N–H and O–H groups in total. The number of nitrogens with one attached hydrogen (secondary N) is 1. The maximum atomic E-state index is 15.4. The first-order chi connectivity index (χ1) is 17.7. The highest BCUT2D eigenvalue weighted by Crippen LogP contribution is 2.56. The summed E-state index contributed by atoms with van der Waals surface area (Å²) in [6.07, 6.45) is 7.08. The summed E-state index contributed by atoms with van der Waals surface area (Å²) in [4.78, 5) is 11.8. The molecule has 1 aliphatic heterocycles. The minimum atomic E-state index is -0.782. The molecular weight excluding hydrogens is 465 g/mol. The molecule has 0 saturated heterocycles. The van der Waals surface area contributed by atoms with Crippen molar-refractivity contribution in [3.05, 3.63) is 83.3 Å². The van der Waals surface area contributed by atoms with Crippen molar-refractivity contribution in [2.45, 2.75) is 31.8 Å². The monoisotopic (exact) mass is 499 g/mol. The Morgan fingerprint density at radius 2 is 1.92 bits per heavy atom. The van der Waals surface area contributed by atoms with E-state index >= 15 is 4.39 Å². The quantitative estimate of drug-likeness (QED) is 0.417. The Labute approximate surface area is 217 Å². The lowest BCUT2D eigenvalue weighted by Gasteiger charge is -2.50. The lowest BCUT2D eigenvalue weighted by Crippen LogP contribution is -2.55. The first kappa shape index (κ1) is 24.8. The molecule has 3 aromatic rings. The van der Waals surface area contributed by atoms with Gasteiger partial charge in [0.1, 0.15) is 11.6 Å². The van der Waals surface area contributed by atoms with Crippen molar-refractivity contribution in [2.75, 3.05) is 37.5 Å². The standard InChI is InChI=1S/C29H34FN7/c1-5-28(29(33-18-34-37(29)4)24-8-6-7-9-26(24)36(2)3)13-12-25(30)20(17-28)16-22-15-19-14-21(31)10-11-23(19)27(32)35-22/h6-12,14-15,17-18H,5,13,16,31H2,1-4H3,(H2,32,35)(H,33,34). The van der Waals surface area contributed by atoms with E-state index in [4.69, 9.17) is 16.5 Å². The molecule has 2 unspecified atom stereocenters. The van der Waals surface area contributed by atoms with E-state index < -0.39 is 11.1 Å². The summed E-state index contributed by atoms with van der Waals surface area (Å²) in [7, 11) is 6.05. The summed E-state index contributed by atoms with van der Waals surface area (Å²) in [5.41, 5.74) is 18.3. The average molecular weight is 500 g/mol. The number of para-hydroxylation sites is 1. The summed E-state index contributed by atoms with van der Waals surface area (Å²) < 4.78 is 15.4. The third kappa shape index (κ3) is 3.92. The molecule has 0 amide bonds. The van der Waals surface area contributed by atoms with E-state index in [9.17, 15) is 0 Å². The van der Waals surface area contributed by atoms with E-state index in [2.05, 4.69) is 40.4 Å². The molecule has 2 heterocycles. The third-order valence-electron chi connectivity index (χ3n) is 7.79. The number of anilines is 3. The SMILES string of the molecule is CCC1(C2(c3ccccc3N(C)C)N=CNN2C)C=C(Cc2cc3cc(N)ccc3c(N)n2)C(F)=CC1. The van der Waals surface area contributed by atoms with Crippen molar-refractivity contribution < 1.29 is 4.39 Å². The molecule has 1 aromatic heterocycles. The third-order valence-corrected chi connectivity index (χ3v) is 7.79. The molecule has 0 spiro atoms. The second-order valence-electron chi connectivity index (χ2n) is 10.1. The van der Waals surface area contributed by atoms with Gasteiger partial charge in [0.2, 0.25) is 0 Å². The molecule has 2 aromatic carbocycles. The topological polar surface area (TPSA) is 95.8 Å². The zero-order valence-corrected chi connectivity index (χ0v) is 21.8. The minimum Gasteiger partial charge on any atom is -0.399 e. The lowest BCUT2D eigenvalue weighted by molar-refractivity contribution is 0.00512. The van der Waals surface area contributed by atoms with Crippen LogP contribution in [0.4, 0.5) is 21.6 Å². The molecule has 2 atom stereocenters. The van der Waals surface area contributed by atoms with E-state index in [-0.39, 0.29) is 5.83 Å². The van der Waals surface area contributed by atoms with Gasteiger partial charge in [-0.05, 0) is 60.2 Å². The van der Waals surface area contributed by atoms with Gasteiger partial charge in [-0.2, -0.15) is 5.01 Å². The van der Waals surface area contributed by atoms with E-state index in [0.717, 1.165) is 28.4 Å². The number of halogens is 1. The van der Waals surface area contributed by atoms with Crippen LogP contribution in [-0.4, -0.2) is 37.5 Å². The fraction of sp³-hybridized carbons (Fsp3) is 0.310. The van der Waals surface area contributed by atoms with Crippen molar-refractivity contribution in [1.82, 2.24) is 15.4 Å². The Morgan fingerprint density at radius 3 is 2.62 bits per heavy atom. The maximum absolute atomic E-state index is 15.4. The zero-order chi connectivity index (χ0) is 26.4. The summed E-state index contributed by atoms with van der Waals surface area (Å²) in [5, 5.41) is 3.77.